The van der Waals surface area contributed by atoms with Crippen LogP contribution in [-0.4, -0.2) is 9.97 Å². The van der Waals surface area contributed by atoms with Crippen LogP contribution >= 0.6 is 0 Å². The maximum absolute atomic E-state index is 13.0. The van der Waals surface area contributed by atoms with Gasteiger partial charge in [0.05, 0.1) is 10.9 Å². The molecule has 0 aliphatic rings. The second kappa shape index (κ2) is 3.40. The van der Waals surface area contributed by atoms with Crippen molar-refractivity contribution in [3.8, 4) is 0 Å². The zero-order valence-electron chi connectivity index (χ0n) is 9.47. The van der Waals surface area contributed by atoms with Gasteiger partial charge in [0, 0.05) is 11.5 Å². The van der Waals surface area contributed by atoms with Gasteiger partial charge < -0.3 is 4.98 Å². The molecular formula is C12H13FN2O. The van der Waals surface area contributed by atoms with Crippen LogP contribution in [0.1, 0.15) is 26.6 Å². The Morgan fingerprint density at radius 2 is 2.00 bits per heavy atom. The third-order valence-electron chi connectivity index (χ3n) is 2.38. The molecule has 1 heterocycles. The molecule has 0 amide bonds. The second-order valence-corrected chi connectivity index (χ2v) is 4.83. The van der Waals surface area contributed by atoms with E-state index in [1.54, 1.807) is 0 Å². The summed E-state index contributed by atoms with van der Waals surface area (Å²) >= 11 is 0. The van der Waals surface area contributed by atoms with Crippen molar-refractivity contribution in [1.82, 2.24) is 9.97 Å². The van der Waals surface area contributed by atoms with Gasteiger partial charge >= 0.3 is 0 Å². The van der Waals surface area contributed by atoms with Gasteiger partial charge in [-0.25, -0.2) is 9.37 Å². The summed E-state index contributed by atoms with van der Waals surface area (Å²) in [7, 11) is 0. The number of hydrogen-bond donors (Lipinski definition) is 1. The minimum atomic E-state index is -0.384. The molecule has 2 rings (SSSR count). The minimum Gasteiger partial charge on any atom is -0.310 e. The number of benzene rings is 1. The fourth-order valence-corrected chi connectivity index (χ4v) is 1.47. The number of halogens is 1. The zero-order valence-corrected chi connectivity index (χ0v) is 9.47. The number of aromatic nitrogens is 2. The van der Waals surface area contributed by atoms with E-state index in [0.29, 0.717) is 16.7 Å². The smallest absolute Gasteiger partial charge is 0.258 e. The highest BCUT2D eigenvalue weighted by Crippen LogP contribution is 2.18. The Hall–Kier alpha value is -1.71. The van der Waals surface area contributed by atoms with Crippen LogP contribution < -0.4 is 5.56 Å². The summed E-state index contributed by atoms with van der Waals surface area (Å²) in [6, 6.07) is 3.98. The first-order valence-corrected chi connectivity index (χ1v) is 5.08. The first kappa shape index (κ1) is 10.8. The van der Waals surface area contributed by atoms with Crippen molar-refractivity contribution in [2.45, 2.75) is 26.2 Å². The highest BCUT2D eigenvalue weighted by molar-refractivity contribution is 5.77. The van der Waals surface area contributed by atoms with Crippen LogP contribution in [0.3, 0.4) is 0 Å². The molecule has 3 nitrogen and oxygen atoms in total. The molecule has 2 aromatic rings. The van der Waals surface area contributed by atoms with Crippen LogP contribution in [0, 0.1) is 5.82 Å². The Morgan fingerprint density at radius 1 is 1.31 bits per heavy atom. The molecule has 84 valence electrons. The van der Waals surface area contributed by atoms with Gasteiger partial charge in [-0.15, -0.1) is 0 Å². The van der Waals surface area contributed by atoms with Crippen LogP contribution in [0.2, 0.25) is 0 Å². The largest absolute Gasteiger partial charge is 0.310 e. The monoisotopic (exact) mass is 220 g/mol. The lowest BCUT2D eigenvalue weighted by Crippen LogP contribution is -2.22. The number of hydrogen-bond acceptors (Lipinski definition) is 2. The first-order chi connectivity index (χ1) is 7.38. The van der Waals surface area contributed by atoms with Crippen molar-refractivity contribution in [3.63, 3.8) is 0 Å². The van der Waals surface area contributed by atoms with Crippen molar-refractivity contribution in [2.75, 3.05) is 0 Å². The molecule has 0 aliphatic heterocycles. The summed E-state index contributed by atoms with van der Waals surface area (Å²) in [4.78, 5) is 18.7. The number of nitrogens with one attached hydrogen (secondary N) is 1. The van der Waals surface area contributed by atoms with Crippen molar-refractivity contribution in [3.05, 3.63) is 40.2 Å². The lowest BCUT2D eigenvalue weighted by Gasteiger charge is -2.17. The quantitative estimate of drug-likeness (QED) is 0.740. The van der Waals surface area contributed by atoms with Gasteiger partial charge in [-0.05, 0) is 12.1 Å². The van der Waals surface area contributed by atoms with E-state index < -0.39 is 0 Å². The number of aromatic amines is 1. The fourth-order valence-electron chi connectivity index (χ4n) is 1.47. The van der Waals surface area contributed by atoms with E-state index in [9.17, 15) is 9.18 Å². The molecule has 0 saturated heterocycles. The second-order valence-electron chi connectivity index (χ2n) is 4.83. The predicted molar refractivity (Wildman–Crippen MR) is 61.0 cm³/mol. The highest BCUT2D eigenvalue weighted by atomic mass is 19.1. The predicted octanol–water partition coefficient (Wildman–Crippen LogP) is 2.36. The van der Waals surface area contributed by atoms with E-state index in [1.807, 2.05) is 20.8 Å². The van der Waals surface area contributed by atoms with E-state index in [4.69, 9.17) is 0 Å². The minimum absolute atomic E-state index is 0.227. The fraction of sp³-hybridized carbons (Fsp3) is 0.333. The van der Waals surface area contributed by atoms with Crippen molar-refractivity contribution >= 4 is 10.9 Å². The molecule has 0 fully saturated rings. The lowest BCUT2D eigenvalue weighted by atomic mass is 9.95. The molecule has 0 bridgehead atoms. The van der Waals surface area contributed by atoms with E-state index in [1.165, 1.54) is 18.2 Å². The third kappa shape index (κ3) is 1.83. The number of H-pyrrole nitrogens is 1. The van der Waals surface area contributed by atoms with E-state index >= 15 is 0 Å². The molecule has 1 aromatic carbocycles. The summed E-state index contributed by atoms with van der Waals surface area (Å²) < 4.78 is 13.0. The maximum atomic E-state index is 13.0. The van der Waals surface area contributed by atoms with Crippen LogP contribution in [0.4, 0.5) is 4.39 Å². The Bertz CT molecular complexity index is 596. The SMILES string of the molecule is CC(C)(C)c1nc2cc(F)ccc2c(=O)[nH]1. The number of rotatable bonds is 0. The molecule has 1 aromatic heterocycles. The first-order valence-electron chi connectivity index (χ1n) is 5.08. The molecule has 0 radical (unpaired) electrons. The molecule has 16 heavy (non-hydrogen) atoms. The molecule has 0 aliphatic carbocycles. The molecule has 0 spiro atoms. The van der Waals surface area contributed by atoms with Gasteiger partial charge in [-0.2, -0.15) is 0 Å². The molecule has 4 heteroatoms. The summed E-state index contributed by atoms with van der Waals surface area (Å²) in [6.45, 7) is 5.82. The third-order valence-corrected chi connectivity index (χ3v) is 2.38. The van der Waals surface area contributed by atoms with Gasteiger partial charge in [-0.3, -0.25) is 4.79 Å². The normalized spacial score (nSPS) is 12.0. The Kier molecular flexibility index (Phi) is 2.30. The van der Waals surface area contributed by atoms with Crippen LogP contribution in [0.15, 0.2) is 23.0 Å². The molecular weight excluding hydrogens is 207 g/mol. The molecule has 1 N–H and O–H groups in total. The average molecular weight is 220 g/mol. The van der Waals surface area contributed by atoms with E-state index in [0.717, 1.165) is 0 Å². The highest BCUT2D eigenvalue weighted by Gasteiger charge is 2.17. The molecule has 0 saturated carbocycles. The van der Waals surface area contributed by atoms with Gasteiger partial charge in [0.1, 0.15) is 11.6 Å². The van der Waals surface area contributed by atoms with Gasteiger partial charge in [0.25, 0.3) is 5.56 Å². The maximum Gasteiger partial charge on any atom is 0.258 e. The lowest BCUT2D eigenvalue weighted by molar-refractivity contribution is 0.546. The summed E-state index contributed by atoms with van der Waals surface area (Å²) in [6.07, 6.45) is 0. The molecule has 0 unspecified atom stereocenters. The van der Waals surface area contributed by atoms with Crippen LogP contribution in [0.25, 0.3) is 10.9 Å². The summed E-state index contributed by atoms with van der Waals surface area (Å²) in [5.74, 6) is 0.182. The summed E-state index contributed by atoms with van der Waals surface area (Å²) in [5.41, 5.74) is -0.0942. The van der Waals surface area contributed by atoms with Crippen molar-refractivity contribution in [1.29, 1.82) is 0 Å². The average Bonchev–Trinajstić information content (AvgIpc) is 2.15. The molecule has 0 atom stereocenters. The van der Waals surface area contributed by atoms with Gasteiger partial charge in [0.2, 0.25) is 0 Å². The Labute approximate surface area is 92.3 Å². The Balaban J connectivity index is 2.80. The number of fused-ring (bicyclic) bond motifs is 1. The topological polar surface area (TPSA) is 45.8 Å². The zero-order chi connectivity index (χ0) is 11.9. The van der Waals surface area contributed by atoms with E-state index in [-0.39, 0.29) is 16.8 Å². The van der Waals surface area contributed by atoms with Crippen molar-refractivity contribution < 1.29 is 4.39 Å². The van der Waals surface area contributed by atoms with E-state index in [2.05, 4.69) is 9.97 Å². The standard InChI is InChI=1S/C12H13FN2O/c1-12(2,3)11-14-9-6-7(13)4-5-8(9)10(16)15-11/h4-6H,1-3H3,(H,14,15,16). The van der Waals surface area contributed by atoms with Gasteiger partial charge in [0.15, 0.2) is 0 Å². The van der Waals surface area contributed by atoms with Gasteiger partial charge in [-0.1, -0.05) is 20.8 Å². The van der Waals surface area contributed by atoms with Crippen molar-refractivity contribution in [2.24, 2.45) is 0 Å². The summed E-state index contributed by atoms with van der Waals surface area (Å²) in [5, 5.41) is 0.411. The van der Waals surface area contributed by atoms with Crippen LogP contribution in [-0.2, 0) is 5.41 Å². The Morgan fingerprint density at radius 3 is 2.62 bits per heavy atom. The van der Waals surface area contributed by atoms with Crippen LogP contribution in [0.5, 0.6) is 0 Å². The number of nitrogens with zero attached hydrogens (tertiary/aromatic N) is 1.